The van der Waals surface area contributed by atoms with Crippen LogP contribution in [0.4, 0.5) is 4.79 Å². The lowest BCUT2D eigenvalue weighted by Gasteiger charge is -2.34. The molecule has 4 rings (SSSR count). The second-order valence-corrected chi connectivity index (χ2v) is 9.39. The maximum absolute atomic E-state index is 13.4. The molecule has 2 aromatic rings. The fourth-order valence-corrected chi connectivity index (χ4v) is 4.57. The van der Waals surface area contributed by atoms with E-state index in [9.17, 15) is 49.4 Å². The molecule has 2 aromatic carbocycles. The number of hydrogen-bond donors (Lipinski definition) is 7. The van der Waals surface area contributed by atoms with E-state index >= 15 is 0 Å². The minimum absolute atomic E-state index is 0.0586. The maximum Gasteiger partial charge on any atom is 0.547 e. The minimum Gasteiger partial charge on any atom is -0.534 e. The van der Waals surface area contributed by atoms with Gasteiger partial charge >= 0.3 is 30.9 Å². The number of aromatic carboxylic acids is 1. The molecule has 0 saturated carbocycles. The molecule has 0 aliphatic carbocycles. The number of rotatable bonds is 7. The number of carbonyl (C=O) groups excluding carboxylic acids is 4. The van der Waals surface area contributed by atoms with Crippen molar-refractivity contribution in [1.82, 2.24) is 20.4 Å². The van der Waals surface area contributed by atoms with Crippen molar-refractivity contribution in [1.29, 1.82) is 0 Å². The molecule has 41 heavy (non-hydrogen) atoms. The Morgan fingerprint density at radius 3 is 2.49 bits per heavy atom. The number of carboxylic acid groups (broad SMARTS) is 1. The molecule has 2 unspecified atom stereocenters. The first-order valence-electron chi connectivity index (χ1n) is 12.5. The number of para-hydroxylation sites is 1. The van der Waals surface area contributed by atoms with Gasteiger partial charge in [-0.05, 0) is 42.7 Å². The third kappa shape index (κ3) is 5.88. The van der Waals surface area contributed by atoms with Crippen molar-refractivity contribution in [3.63, 3.8) is 0 Å². The average molecular weight is 570 g/mol. The first-order valence-corrected chi connectivity index (χ1v) is 12.5. The summed E-state index contributed by atoms with van der Waals surface area (Å²) in [6.45, 7) is 1.79. The molecule has 0 bridgehead atoms. The second-order valence-electron chi connectivity index (χ2n) is 9.39. The summed E-state index contributed by atoms with van der Waals surface area (Å²) in [4.78, 5) is 64.6. The fraction of sp³-hybridized carbons (Fsp3) is 0.320. The van der Waals surface area contributed by atoms with Crippen LogP contribution in [0.1, 0.15) is 34.5 Å². The number of phenolic OH excluding ortho intramolecular Hbond substituents is 2. The Morgan fingerprint density at radius 1 is 1.10 bits per heavy atom. The highest BCUT2D eigenvalue weighted by Crippen LogP contribution is 2.31. The van der Waals surface area contributed by atoms with Gasteiger partial charge in [0.2, 0.25) is 5.91 Å². The van der Waals surface area contributed by atoms with E-state index in [1.165, 1.54) is 23.1 Å². The van der Waals surface area contributed by atoms with E-state index < -0.39 is 66.4 Å². The fourth-order valence-electron chi connectivity index (χ4n) is 4.57. The van der Waals surface area contributed by atoms with E-state index in [1.54, 1.807) is 13.0 Å². The molecule has 0 aromatic heterocycles. The molecule has 0 radical (unpaired) electrons. The first-order chi connectivity index (χ1) is 19.4. The molecular formula is C25H27BN4O11. The molecule has 216 valence electrons. The number of hydrogen-bond acceptors (Lipinski definition) is 10. The number of aliphatic hydroxyl groups excluding tert-OH is 1. The summed E-state index contributed by atoms with van der Waals surface area (Å²) in [6, 6.07) is 4.49. The zero-order valence-electron chi connectivity index (χ0n) is 21.7. The van der Waals surface area contributed by atoms with Gasteiger partial charge in [-0.25, -0.2) is 9.59 Å². The Morgan fingerprint density at radius 2 is 1.83 bits per heavy atom. The number of likely N-dealkylation sites (N-methyl/N-ethyl adjacent to an activating group) is 1. The SMILES string of the molecule is CCN1CCN(C(=O)NC(C(=O)N[C@H]2Cc3cccc(C(=O)O)c3OB2O)C(O)c2ccc(O)c(O)c2)C(=O)C1=O. The first kappa shape index (κ1) is 29.2. The number of nitrogens with one attached hydrogen (secondary N) is 2. The van der Waals surface area contributed by atoms with Crippen molar-refractivity contribution in [2.24, 2.45) is 0 Å². The number of carbonyl (C=O) groups is 5. The molecule has 5 amide bonds. The van der Waals surface area contributed by atoms with Crippen molar-refractivity contribution < 1.29 is 54.1 Å². The summed E-state index contributed by atoms with van der Waals surface area (Å²) >= 11 is 0. The molecule has 3 atom stereocenters. The van der Waals surface area contributed by atoms with Gasteiger partial charge < -0.3 is 45.6 Å². The molecule has 16 heteroatoms. The highest BCUT2D eigenvalue weighted by atomic mass is 16.5. The van der Waals surface area contributed by atoms with Crippen LogP contribution in [0.3, 0.4) is 0 Å². The predicted molar refractivity (Wildman–Crippen MR) is 139 cm³/mol. The molecule has 1 saturated heterocycles. The molecule has 7 N–H and O–H groups in total. The lowest BCUT2D eigenvalue weighted by Crippen LogP contribution is -2.62. The largest absolute Gasteiger partial charge is 0.547 e. The summed E-state index contributed by atoms with van der Waals surface area (Å²) < 4.78 is 5.37. The zero-order valence-corrected chi connectivity index (χ0v) is 21.7. The van der Waals surface area contributed by atoms with Crippen LogP contribution in [0.2, 0.25) is 0 Å². The van der Waals surface area contributed by atoms with Gasteiger partial charge in [0.25, 0.3) is 0 Å². The Balaban J connectivity index is 1.58. The van der Waals surface area contributed by atoms with Gasteiger partial charge in [-0.2, -0.15) is 0 Å². The number of amides is 5. The van der Waals surface area contributed by atoms with Crippen molar-refractivity contribution in [2.75, 3.05) is 19.6 Å². The Hall–Kier alpha value is -4.83. The maximum atomic E-state index is 13.4. The topological polar surface area (TPSA) is 226 Å². The van der Waals surface area contributed by atoms with Crippen LogP contribution in [0.25, 0.3) is 0 Å². The van der Waals surface area contributed by atoms with E-state index in [0.717, 1.165) is 12.1 Å². The van der Waals surface area contributed by atoms with Gasteiger partial charge in [0.15, 0.2) is 11.5 Å². The quantitative estimate of drug-likeness (QED) is 0.118. The number of nitrogens with zero attached hydrogens (tertiary/aromatic N) is 2. The number of aliphatic hydroxyl groups is 1. The molecule has 1 fully saturated rings. The predicted octanol–water partition coefficient (Wildman–Crippen LogP) is -1.26. The Labute approximate surface area is 233 Å². The third-order valence-electron chi connectivity index (χ3n) is 6.83. The van der Waals surface area contributed by atoms with Crippen molar-refractivity contribution in [2.45, 2.75) is 31.4 Å². The lowest BCUT2D eigenvalue weighted by atomic mass is 9.72. The average Bonchev–Trinajstić information content (AvgIpc) is 2.94. The smallest absolute Gasteiger partial charge is 0.534 e. The van der Waals surface area contributed by atoms with Crippen molar-refractivity contribution in [3.8, 4) is 17.2 Å². The Bertz CT molecular complexity index is 1400. The summed E-state index contributed by atoms with van der Waals surface area (Å²) in [7, 11) is -1.71. The van der Waals surface area contributed by atoms with Crippen molar-refractivity contribution >= 4 is 36.8 Å². The second kappa shape index (κ2) is 11.7. The summed E-state index contributed by atoms with van der Waals surface area (Å²) in [6.07, 6.45) is -1.92. The van der Waals surface area contributed by atoms with Crippen LogP contribution in [0.15, 0.2) is 36.4 Å². The van der Waals surface area contributed by atoms with E-state index in [-0.39, 0.29) is 42.9 Å². The summed E-state index contributed by atoms with van der Waals surface area (Å²) in [5.41, 5.74) is 0.0697. The summed E-state index contributed by atoms with van der Waals surface area (Å²) in [5.74, 6) is -6.74. The number of benzene rings is 2. The highest BCUT2D eigenvalue weighted by Gasteiger charge is 2.42. The zero-order chi connectivity index (χ0) is 30.0. The number of imide groups is 1. The molecule has 0 spiro atoms. The highest BCUT2D eigenvalue weighted by molar-refractivity contribution is 6.47. The number of aromatic hydroxyl groups is 2. The van der Waals surface area contributed by atoms with E-state index in [0.29, 0.717) is 10.5 Å². The molecule has 2 aliphatic rings. The standard InChI is InChI=1S/C25H27BN4O11/c1-2-29-8-9-30(23(36)22(29)35)25(39)28-18(19(33)12-6-7-15(31)16(32)10-12)21(34)27-17-11-13-4-3-5-14(24(37)38)20(13)41-26(17)40/h3-7,10,17-19,31-33,40H,2,8-9,11H2,1H3,(H,27,34)(H,28,39)(H,37,38)/t17-,18?,19?/m0/s1. The summed E-state index contributed by atoms with van der Waals surface area (Å²) in [5, 5.41) is 55.2. The third-order valence-corrected chi connectivity index (χ3v) is 6.83. The van der Waals surface area contributed by atoms with Gasteiger partial charge in [-0.3, -0.25) is 19.3 Å². The molecule has 15 nitrogen and oxygen atoms in total. The lowest BCUT2D eigenvalue weighted by molar-refractivity contribution is -0.153. The number of phenols is 2. The number of carboxylic acids is 1. The van der Waals surface area contributed by atoms with Crippen LogP contribution in [0.5, 0.6) is 17.2 Å². The van der Waals surface area contributed by atoms with Crippen LogP contribution >= 0.6 is 0 Å². The monoisotopic (exact) mass is 570 g/mol. The molecular weight excluding hydrogens is 543 g/mol. The van der Waals surface area contributed by atoms with Gasteiger partial charge in [-0.1, -0.05) is 18.2 Å². The van der Waals surface area contributed by atoms with E-state index in [1.807, 2.05) is 0 Å². The van der Waals surface area contributed by atoms with Crippen LogP contribution < -0.4 is 15.3 Å². The number of piperazine rings is 1. The Kier molecular flexibility index (Phi) is 8.35. The molecule has 2 heterocycles. The van der Waals surface area contributed by atoms with Gasteiger partial charge in [-0.15, -0.1) is 0 Å². The normalized spacial score (nSPS) is 18.2. The van der Waals surface area contributed by atoms with Crippen LogP contribution in [-0.4, -0.2) is 104 Å². The van der Waals surface area contributed by atoms with Gasteiger partial charge in [0.05, 0.1) is 11.5 Å². The van der Waals surface area contributed by atoms with Crippen LogP contribution in [0, 0.1) is 0 Å². The van der Waals surface area contributed by atoms with Crippen molar-refractivity contribution in [3.05, 3.63) is 53.1 Å². The van der Waals surface area contributed by atoms with Crippen LogP contribution in [-0.2, 0) is 20.8 Å². The van der Waals surface area contributed by atoms with Gasteiger partial charge in [0.1, 0.15) is 17.9 Å². The van der Waals surface area contributed by atoms with E-state index in [4.69, 9.17) is 4.65 Å². The minimum atomic E-state index is -1.85. The molecule has 2 aliphatic heterocycles. The number of fused-ring (bicyclic) bond motifs is 1. The van der Waals surface area contributed by atoms with Gasteiger partial charge in [0, 0.05) is 19.6 Å². The number of urea groups is 1. The van der Waals surface area contributed by atoms with E-state index in [2.05, 4.69) is 10.6 Å².